The van der Waals surface area contributed by atoms with Crippen molar-refractivity contribution < 1.29 is 0 Å². The van der Waals surface area contributed by atoms with Gasteiger partial charge in [-0.05, 0) is 23.9 Å². The summed E-state index contributed by atoms with van der Waals surface area (Å²) in [6.45, 7) is 3.67. The Hall–Kier alpha value is -0.970. The van der Waals surface area contributed by atoms with Crippen molar-refractivity contribution in [3.63, 3.8) is 0 Å². The average molecular weight is 292 g/mol. The van der Waals surface area contributed by atoms with Crippen LogP contribution in [-0.2, 0) is 25.7 Å². The minimum atomic E-state index is 0.531. The van der Waals surface area contributed by atoms with E-state index >= 15 is 0 Å². The summed E-state index contributed by atoms with van der Waals surface area (Å²) in [5.74, 6) is 0. The molecule has 1 aromatic heterocycles. The molecule has 0 aliphatic heterocycles. The highest BCUT2D eigenvalue weighted by molar-refractivity contribution is 8.00. The lowest BCUT2D eigenvalue weighted by molar-refractivity contribution is 0.425. The van der Waals surface area contributed by atoms with Crippen molar-refractivity contribution in [1.29, 1.82) is 0 Å². The van der Waals surface area contributed by atoms with Crippen molar-refractivity contribution in [3.05, 3.63) is 57.8 Å². The predicted molar refractivity (Wildman–Crippen MR) is 84.7 cm³/mol. The van der Waals surface area contributed by atoms with E-state index in [-0.39, 0.29) is 0 Å². The SMILES string of the molecule is Cc1ccc(CN(Cc2cccs2)C(=S)[S-])cc1. The second-order valence-corrected chi connectivity index (χ2v) is 6.25. The predicted octanol–water partition coefficient (Wildman–Crippen LogP) is 3.89. The second kappa shape index (κ2) is 6.27. The van der Waals surface area contributed by atoms with Crippen LogP contribution in [0.15, 0.2) is 41.8 Å². The van der Waals surface area contributed by atoms with Gasteiger partial charge in [0.2, 0.25) is 0 Å². The van der Waals surface area contributed by atoms with E-state index in [9.17, 15) is 0 Å². The summed E-state index contributed by atoms with van der Waals surface area (Å²) in [7, 11) is 0. The summed E-state index contributed by atoms with van der Waals surface area (Å²) in [4.78, 5) is 3.34. The number of thiophene rings is 1. The molecule has 2 aromatic rings. The lowest BCUT2D eigenvalue weighted by atomic mass is 10.1. The molecule has 1 nitrogen and oxygen atoms in total. The van der Waals surface area contributed by atoms with Gasteiger partial charge in [0.25, 0.3) is 0 Å². The highest BCUT2D eigenvalue weighted by atomic mass is 32.1. The third kappa shape index (κ3) is 3.77. The molecule has 2 rings (SSSR count). The standard InChI is InChI=1S/C14H15NS3/c1-11-4-6-12(7-5-11)9-15(14(16)17)10-13-3-2-8-18-13/h2-8H,9-10H2,1H3,(H,16,17)/p-1. The van der Waals surface area contributed by atoms with Gasteiger partial charge in [0, 0.05) is 11.4 Å². The zero-order valence-electron chi connectivity index (χ0n) is 10.1. The Morgan fingerprint density at radius 3 is 2.50 bits per heavy atom. The minimum absolute atomic E-state index is 0.531. The molecular weight excluding hydrogens is 278 g/mol. The first-order chi connectivity index (χ1) is 8.65. The maximum Gasteiger partial charge on any atom is 0.0511 e. The minimum Gasteiger partial charge on any atom is -0.411 e. The van der Waals surface area contributed by atoms with Crippen molar-refractivity contribution in [1.82, 2.24) is 4.90 Å². The Morgan fingerprint density at radius 1 is 1.22 bits per heavy atom. The number of hydrogen-bond donors (Lipinski definition) is 0. The molecule has 0 unspecified atom stereocenters. The summed E-state index contributed by atoms with van der Waals surface area (Å²) in [5, 5.41) is 2.08. The lowest BCUT2D eigenvalue weighted by Gasteiger charge is -2.28. The number of rotatable bonds is 4. The normalized spacial score (nSPS) is 10.3. The maximum atomic E-state index is 5.16. The molecule has 0 bridgehead atoms. The van der Waals surface area contributed by atoms with Crippen molar-refractivity contribution in [2.24, 2.45) is 0 Å². The highest BCUT2D eigenvalue weighted by Gasteiger charge is 2.04. The van der Waals surface area contributed by atoms with Gasteiger partial charge in [-0.15, -0.1) is 11.3 Å². The fourth-order valence-electron chi connectivity index (χ4n) is 1.69. The van der Waals surface area contributed by atoms with Crippen LogP contribution in [0.25, 0.3) is 0 Å². The first-order valence-corrected chi connectivity index (χ1v) is 7.38. The Morgan fingerprint density at radius 2 is 1.94 bits per heavy atom. The Balaban J connectivity index is 2.06. The monoisotopic (exact) mass is 292 g/mol. The number of aryl methyl sites for hydroxylation is 1. The van der Waals surface area contributed by atoms with E-state index in [0.717, 1.165) is 13.1 Å². The van der Waals surface area contributed by atoms with E-state index in [2.05, 4.69) is 53.6 Å². The maximum absolute atomic E-state index is 5.16. The van der Waals surface area contributed by atoms with Crippen LogP contribution in [0.4, 0.5) is 0 Å². The molecular formula is C14H14NS3-. The highest BCUT2D eigenvalue weighted by Crippen LogP contribution is 2.15. The average Bonchev–Trinajstić information content (AvgIpc) is 2.84. The van der Waals surface area contributed by atoms with Gasteiger partial charge in [0.1, 0.15) is 0 Å². The second-order valence-electron chi connectivity index (χ2n) is 4.19. The van der Waals surface area contributed by atoms with Gasteiger partial charge in [0.05, 0.1) is 6.54 Å². The molecule has 0 atom stereocenters. The van der Waals surface area contributed by atoms with Crippen LogP contribution in [0.3, 0.4) is 0 Å². The Bertz CT molecular complexity index is 502. The van der Waals surface area contributed by atoms with Crippen LogP contribution in [0, 0.1) is 6.92 Å². The van der Waals surface area contributed by atoms with Crippen molar-refractivity contribution in [2.75, 3.05) is 0 Å². The van der Waals surface area contributed by atoms with E-state index < -0.39 is 0 Å². The molecule has 0 aliphatic carbocycles. The molecule has 1 heterocycles. The van der Waals surface area contributed by atoms with E-state index in [1.807, 2.05) is 0 Å². The zero-order chi connectivity index (χ0) is 13.0. The summed E-state index contributed by atoms with van der Waals surface area (Å²) in [6.07, 6.45) is 0. The zero-order valence-corrected chi connectivity index (χ0v) is 12.6. The molecule has 0 N–H and O–H groups in total. The molecule has 0 saturated carbocycles. The van der Waals surface area contributed by atoms with Gasteiger partial charge in [0.15, 0.2) is 0 Å². The van der Waals surface area contributed by atoms with Gasteiger partial charge >= 0.3 is 0 Å². The third-order valence-electron chi connectivity index (χ3n) is 2.68. The molecule has 0 saturated heterocycles. The molecule has 0 amide bonds. The third-order valence-corrected chi connectivity index (χ3v) is 4.06. The fourth-order valence-corrected chi connectivity index (χ4v) is 2.67. The van der Waals surface area contributed by atoms with Gasteiger partial charge in [-0.1, -0.05) is 40.2 Å². The van der Waals surface area contributed by atoms with Crippen LogP contribution in [-0.4, -0.2) is 9.22 Å². The smallest absolute Gasteiger partial charge is 0.0511 e. The molecule has 94 valence electrons. The molecule has 1 aromatic carbocycles. The molecule has 0 aliphatic rings. The van der Waals surface area contributed by atoms with Crippen molar-refractivity contribution >= 4 is 40.5 Å². The number of nitrogens with zero attached hydrogens (tertiary/aromatic N) is 1. The van der Waals surface area contributed by atoms with Gasteiger partial charge in [-0.3, -0.25) is 0 Å². The fraction of sp³-hybridized carbons (Fsp3) is 0.214. The van der Waals surface area contributed by atoms with Crippen LogP contribution in [0.5, 0.6) is 0 Å². The first kappa shape index (κ1) is 13.5. The number of hydrogen-bond acceptors (Lipinski definition) is 3. The molecule has 0 fully saturated rings. The van der Waals surface area contributed by atoms with Gasteiger partial charge in [-0.2, -0.15) is 0 Å². The quantitative estimate of drug-likeness (QED) is 0.622. The van der Waals surface area contributed by atoms with E-state index in [1.54, 1.807) is 11.3 Å². The molecule has 18 heavy (non-hydrogen) atoms. The van der Waals surface area contributed by atoms with E-state index in [1.165, 1.54) is 16.0 Å². The van der Waals surface area contributed by atoms with Crippen molar-refractivity contribution in [2.45, 2.75) is 20.0 Å². The van der Waals surface area contributed by atoms with Gasteiger partial charge in [-0.25, -0.2) is 0 Å². The van der Waals surface area contributed by atoms with Crippen LogP contribution < -0.4 is 0 Å². The van der Waals surface area contributed by atoms with Crippen molar-refractivity contribution in [3.8, 4) is 0 Å². The number of benzene rings is 1. The van der Waals surface area contributed by atoms with Crippen LogP contribution in [0.2, 0.25) is 0 Å². The van der Waals surface area contributed by atoms with Gasteiger partial charge < -0.3 is 29.7 Å². The summed E-state index contributed by atoms with van der Waals surface area (Å²) in [5.41, 5.74) is 2.51. The molecule has 4 heteroatoms. The summed E-state index contributed by atoms with van der Waals surface area (Å²) >= 11 is 12.1. The first-order valence-electron chi connectivity index (χ1n) is 5.69. The Kier molecular flexibility index (Phi) is 4.69. The number of thiocarbonyl (C=S) groups is 1. The van der Waals surface area contributed by atoms with Crippen LogP contribution in [0.1, 0.15) is 16.0 Å². The summed E-state index contributed by atoms with van der Waals surface area (Å²) < 4.78 is 0.531. The van der Waals surface area contributed by atoms with Crippen LogP contribution >= 0.6 is 23.6 Å². The summed E-state index contributed by atoms with van der Waals surface area (Å²) in [6, 6.07) is 12.7. The molecule has 0 radical (unpaired) electrons. The van der Waals surface area contributed by atoms with E-state index in [0.29, 0.717) is 4.32 Å². The molecule has 0 spiro atoms. The Labute approximate surface area is 123 Å². The van der Waals surface area contributed by atoms with E-state index in [4.69, 9.17) is 24.8 Å². The largest absolute Gasteiger partial charge is 0.411 e. The topological polar surface area (TPSA) is 3.24 Å². The lowest BCUT2D eigenvalue weighted by Crippen LogP contribution is -2.26.